The Morgan fingerprint density at radius 2 is 1.81 bits per heavy atom. The minimum absolute atomic E-state index is 0.123. The Morgan fingerprint density at radius 3 is 2.48 bits per heavy atom. The first-order chi connectivity index (χ1) is 10.2. The average Bonchev–Trinajstić information content (AvgIpc) is 2.97. The summed E-state index contributed by atoms with van der Waals surface area (Å²) in [5.74, 6) is 0. The van der Waals surface area contributed by atoms with Crippen LogP contribution in [0.25, 0.3) is 0 Å². The van der Waals surface area contributed by atoms with Gasteiger partial charge in [0.25, 0.3) is 5.69 Å². The molecule has 0 amide bonds. The number of nitro benzene ring substituents is 1. The Labute approximate surface area is 123 Å². The van der Waals surface area contributed by atoms with E-state index in [2.05, 4.69) is 22.3 Å². The van der Waals surface area contributed by atoms with Gasteiger partial charge in [0.15, 0.2) is 0 Å². The normalized spacial score (nSPS) is 17.7. The molecular weight excluding hydrogens is 266 g/mol. The minimum atomic E-state index is -0.378. The Morgan fingerprint density at radius 1 is 1.10 bits per heavy atom. The van der Waals surface area contributed by atoms with Gasteiger partial charge in [-0.15, -0.1) is 0 Å². The molecule has 0 spiro atoms. The zero-order chi connectivity index (χ0) is 14.7. The summed E-state index contributed by atoms with van der Waals surface area (Å²) >= 11 is 0. The van der Waals surface area contributed by atoms with Crippen LogP contribution in [0.3, 0.4) is 0 Å². The van der Waals surface area contributed by atoms with Crippen molar-refractivity contribution in [2.75, 3.05) is 23.3 Å². The summed E-state index contributed by atoms with van der Waals surface area (Å²) in [5, 5.41) is 14.1. The van der Waals surface area contributed by atoms with Crippen LogP contribution >= 0.6 is 0 Å². The second-order valence-electron chi connectivity index (χ2n) is 5.22. The van der Waals surface area contributed by atoms with Crippen LogP contribution in [0.2, 0.25) is 0 Å². The molecule has 0 aliphatic carbocycles. The number of benzene rings is 2. The maximum atomic E-state index is 10.6. The van der Waals surface area contributed by atoms with Gasteiger partial charge in [-0.25, -0.2) is 0 Å². The zero-order valence-corrected chi connectivity index (χ0v) is 11.6. The van der Waals surface area contributed by atoms with Gasteiger partial charge in [0.05, 0.1) is 4.92 Å². The average molecular weight is 283 g/mol. The number of non-ortho nitro benzene ring substituents is 1. The van der Waals surface area contributed by atoms with E-state index >= 15 is 0 Å². The summed E-state index contributed by atoms with van der Waals surface area (Å²) in [5.41, 5.74) is 2.30. The van der Waals surface area contributed by atoms with Gasteiger partial charge in [0.2, 0.25) is 0 Å². The topological polar surface area (TPSA) is 58.4 Å². The monoisotopic (exact) mass is 283 g/mol. The van der Waals surface area contributed by atoms with Crippen LogP contribution in [-0.2, 0) is 0 Å². The van der Waals surface area contributed by atoms with E-state index < -0.39 is 0 Å². The molecule has 21 heavy (non-hydrogen) atoms. The number of nitrogens with one attached hydrogen (secondary N) is 1. The van der Waals surface area contributed by atoms with E-state index in [0.29, 0.717) is 6.04 Å². The highest BCUT2D eigenvalue weighted by atomic mass is 16.6. The summed E-state index contributed by atoms with van der Waals surface area (Å²) in [6.07, 6.45) is 1.06. The Kier molecular flexibility index (Phi) is 3.73. The molecule has 3 rings (SSSR count). The highest BCUT2D eigenvalue weighted by Gasteiger charge is 2.22. The molecule has 1 aliphatic heterocycles. The van der Waals surface area contributed by atoms with Crippen molar-refractivity contribution in [2.24, 2.45) is 0 Å². The molecule has 1 aliphatic rings. The van der Waals surface area contributed by atoms with E-state index in [4.69, 9.17) is 0 Å². The molecule has 0 saturated carbocycles. The molecule has 5 heteroatoms. The van der Waals surface area contributed by atoms with Crippen molar-refractivity contribution in [3.8, 4) is 0 Å². The van der Waals surface area contributed by atoms with Crippen molar-refractivity contribution in [2.45, 2.75) is 12.5 Å². The highest BCUT2D eigenvalue weighted by molar-refractivity contribution is 5.52. The lowest BCUT2D eigenvalue weighted by molar-refractivity contribution is -0.384. The van der Waals surface area contributed by atoms with E-state index in [-0.39, 0.29) is 10.6 Å². The molecule has 1 N–H and O–H groups in total. The first kappa shape index (κ1) is 13.4. The van der Waals surface area contributed by atoms with Gasteiger partial charge in [-0.1, -0.05) is 18.2 Å². The van der Waals surface area contributed by atoms with Crippen molar-refractivity contribution in [3.05, 3.63) is 64.7 Å². The van der Waals surface area contributed by atoms with Crippen molar-refractivity contribution in [1.29, 1.82) is 0 Å². The molecule has 0 radical (unpaired) electrons. The fraction of sp³-hybridized carbons (Fsp3) is 0.250. The standard InChI is InChI=1S/C16H17N3O2/c20-19(21)16-8-6-13(7-9-16)17-14-10-11-18(12-14)15-4-2-1-3-5-15/h1-9,14,17H,10-12H2. The van der Waals surface area contributed by atoms with E-state index in [9.17, 15) is 10.1 Å². The van der Waals surface area contributed by atoms with Gasteiger partial charge in [-0.3, -0.25) is 10.1 Å². The lowest BCUT2D eigenvalue weighted by Crippen LogP contribution is -2.25. The third-order valence-electron chi connectivity index (χ3n) is 3.76. The van der Waals surface area contributed by atoms with Crippen LogP contribution < -0.4 is 10.2 Å². The van der Waals surface area contributed by atoms with Gasteiger partial charge in [-0.05, 0) is 30.7 Å². The first-order valence-electron chi connectivity index (χ1n) is 7.03. The lowest BCUT2D eigenvalue weighted by atomic mass is 10.2. The van der Waals surface area contributed by atoms with Gasteiger partial charge in [0, 0.05) is 42.6 Å². The molecular formula is C16H17N3O2. The Hall–Kier alpha value is -2.56. The van der Waals surface area contributed by atoms with Crippen LogP contribution in [0.15, 0.2) is 54.6 Å². The first-order valence-corrected chi connectivity index (χ1v) is 7.03. The molecule has 0 aromatic heterocycles. The Balaban J connectivity index is 1.61. The smallest absolute Gasteiger partial charge is 0.269 e. The molecule has 1 fully saturated rings. The van der Waals surface area contributed by atoms with Crippen LogP contribution in [0.1, 0.15) is 6.42 Å². The second-order valence-corrected chi connectivity index (χ2v) is 5.22. The molecule has 1 unspecified atom stereocenters. The number of nitrogens with zero attached hydrogens (tertiary/aromatic N) is 2. The molecule has 2 aromatic rings. The summed E-state index contributed by atoms with van der Waals surface area (Å²) in [4.78, 5) is 12.6. The van der Waals surface area contributed by atoms with Crippen molar-refractivity contribution < 1.29 is 4.92 Å². The molecule has 108 valence electrons. The van der Waals surface area contributed by atoms with Gasteiger partial charge in [-0.2, -0.15) is 0 Å². The van der Waals surface area contributed by atoms with Crippen LogP contribution in [0.5, 0.6) is 0 Å². The van der Waals surface area contributed by atoms with Crippen molar-refractivity contribution in [3.63, 3.8) is 0 Å². The number of hydrogen-bond acceptors (Lipinski definition) is 4. The minimum Gasteiger partial charge on any atom is -0.380 e. The van der Waals surface area contributed by atoms with E-state index in [1.165, 1.54) is 17.8 Å². The fourth-order valence-corrected chi connectivity index (χ4v) is 2.67. The molecule has 0 bridgehead atoms. The quantitative estimate of drug-likeness (QED) is 0.691. The van der Waals surface area contributed by atoms with E-state index in [1.807, 2.05) is 18.2 Å². The van der Waals surface area contributed by atoms with Gasteiger partial charge >= 0.3 is 0 Å². The van der Waals surface area contributed by atoms with Gasteiger partial charge < -0.3 is 10.2 Å². The second kappa shape index (κ2) is 5.83. The maximum Gasteiger partial charge on any atom is 0.269 e. The van der Waals surface area contributed by atoms with E-state index in [1.54, 1.807) is 12.1 Å². The maximum absolute atomic E-state index is 10.6. The number of rotatable bonds is 4. The number of para-hydroxylation sites is 1. The number of anilines is 2. The molecule has 1 atom stereocenters. The zero-order valence-electron chi connectivity index (χ0n) is 11.6. The fourth-order valence-electron chi connectivity index (χ4n) is 2.67. The number of hydrogen-bond donors (Lipinski definition) is 1. The molecule has 1 heterocycles. The summed E-state index contributed by atoms with van der Waals surface area (Å²) in [7, 11) is 0. The summed E-state index contributed by atoms with van der Waals surface area (Å²) < 4.78 is 0. The predicted molar refractivity (Wildman–Crippen MR) is 83.8 cm³/mol. The molecule has 5 nitrogen and oxygen atoms in total. The SMILES string of the molecule is O=[N+]([O-])c1ccc(NC2CCN(c3ccccc3)C2)cc1. The summed E-state index contributed by atoms with van der Waals surface area (Å²) in [6, 6.07) is 17.3. The van der Waals surface area contributed by atoms with Crippen molar-refractivity contribution in [1.82, 2.24) is 0 Å². The third kappa shape index (κ3) is 3.13. The van der Waals surface area contributed by atoms with E-state index in [0.717, 1.165) is 25.2 Å². The third-order valence-corrected chi connectivity index (χ3v) is 3.76. The predicted octanol–water partition coefficient (Wildman–Crippen LogP) is 3.29. The molecule has 2 aromatic carbocycles. The highest BCUT2D eigenvalue weighted by Crippen LogP contribution is 2.23. The van der Waals surface area contributed by atoms with Crippen LogP contribution in [0, 0.1) is 10.1 Å². The molecule has 1 saturated heterocycles. The Bertz CT molecular complexity index is 613. The van der Waals surface area contributed by atoms with Crippen LogP contribution in [-0.4, -0.2) is 24.1 Å². The van der Waals surface area contributed by atoms with Crippen molar-refractivity contribution >= 4 is 17.1 Å². The lowest BCUT2D eigenvalue weighted by Gasteiger charge is -2.19. The number of nitro groups is 1. The summed E-state index contributed by atoms with van der Waals surface area (Å²) in [6.45, 7) is 1.97. The van der Waals surface area contributed by atoms with Gasteiger partial charge in [0.1, 0.15) is 0 Å². The largest absolute Gasteiger partial charge is 0.380 e. The van der Waals surface area contributed by atoms with Crippen LogP contribution in [0.4, 0.5) is 17.1 Å².